The minimum atomic E-state index is -1.67. The molecule has 0 aliphatic rings. The lowest BCUT2D eigenvalue weighted by Crippen LogP contribution is -1.75. The van der Waals surface area contributed by atoms with Gasteiger partial charge in [0.1, 0.15) is 10.0 Å². The highest BCUT2D eigenvalue weighted by Crippen LogP contribution is 2.05. The van der Waals surface area contributed by atoms with E-state index >= 15 is 0 Å². The van der Waals surface area contributed by atoms with Crippen LogP contribution >= 0.6 is 55.6 Å². The Morgan fingerprint density at radius 1 is 1.17 bits per heavy atom. The lowest BCUT2D eigenvalue weighted by Gasteiger charge is -1.77. The van der Waals surface area contributed by atoms with Crippen LogP contribution in [0.1, 0.15) is 10.0 Å². The molecule has 0 aliphatic heterocycles. The summed E-state index contributed by atoms with van der Waals surface area (Å²) in [5, 5.41) is 13.9. The fraction of sp³-hybridized carbons (Fsp3) is 0.250. The molecule has 2 aromatic rings. The maximum atomic E-state index is 9.09. The summed E-state index contributed by atoms with van der Waals surface area (Å²) < 4.78 is 9.09. The molecule has 2 rings (SSSR count). The van der Waals surface area contributed by atoms with Crippen LogP contribution in [-0.4, -0.2) is 19.3 Å². The number of hydrogen-bond acceptors (Lipinski definition) is 6. The molecule has 0 aliphatic carbocycles. The van der Waals surface area contributed by atoms with E-state index in [9.17, 15) is 0 Å². The average molecular weight is 368 g/mol. The first kappa shape index (κ1) is 18.2. The Morgan fingerprint density at radius 2 is 1.61 bits per heavy atom. The zero-order valence-electron chi connectivity index (χ0n) is 8.83. The molecular formula is C8H9Cl3N2O2S3. The molecule has 0 bridgehead atoms. The second-order valence-electron chi connectivity index (χ2n) is 2.33. The molecule has 0 aromatic carbocycles. The molecule has 18 heavy (non-hydrogen) atoms. The van der Waals surface area contributed by atoms with Gasteiger partial charge in [-0.25, -0.2) is 14.2 Å². The molecule has 2 heterocycles. The van der Waals surface area contributed by atoms with Crippen LogP contribution in [0.25, 0.3) is 0 Å². The van der Waals surface area contributed by atoms with Gasteiger partial charge in [0.05, 0.1) is 12.5 Å². The van der Waals surface area contributed by atoms with Gasteiger partial charge in [-0.05, 0) is 0 Å². The number of aromatic nitrogens is 2. The monoisotopic (exact) mass is 366 g/mol. The maximum Gasteiger partial charge on any atom is 0.211 e. The molecule has 4 nitrogen and oxygen atoms in total. The van der Waals surface area contributed by atoms with Crippen molar-refractivity contribution in [2.24, 2.45) is 0 Å². The molecule has 0 saturated heterocycles. The molecule has 0 amide bonds. The molecular weight excluding hydrogens is 359 g/mol. The molecule has 0 saturated carbocycles. The Balaban J connectivity index is 0.000000253. The minimum absolute atomic E-state index is 0.0671. The summed E-state index contributed by atoms with van der Waals surface area (Å²) in [5.74, 6) is 0.539. The van der Waals surface area contributed by atoms with Gasteiger partial charge in [-0.3, -0.25) is 0 Å². The van der Waals surface area contributed by atoms with Crippen LogP contribution in [0.5, 0.6) is 0 Å². The van der Waals surface area contributed by atoms with Crippen LogP contribution in [0, 0.1) is 0 Å². The van der Waals surface area contributed by atoms with E-state index in [2.05, 4.69) is 31.3 Å². The van der Waals surface area contributed by atoms with E-state index < -0.39 is 9.23 Å². The minimum Gasteiger partial charge on any atom is -0.389 e. The van der Waals surface area contributed by atoms with Crippen molar-refractivity contribution in [1.29, 1.82) is 0 Å². The average Bonchev–Trinajstić information content (AvgIpc) is 3.02. The molecule has 0 atom stereocenters. The third-order valence-electron chi connectivity index (χ3n) is 1.22. The van der Waals surface area contributed by atoms with E-state index in [0.29, 0.717) is 5.88 Å². The van der Waals surface area contributed by atoms with E-state index in [-0.39, 0.29) is 6.61 Å². The van der Waals surface area contributed by atoms with Gasteiger partial charge in [0.25, 0.3) is 0 Å². The number of thiazole rings is 2. The van der Waals surface area contributed by atoms with Crippen molar-refractivity contribution in [3.8, 4) is 0 Å². The molecule has 0 unspecified atom stereocenters. The van der Waals surface area contributed by atoms with E-state index in [1.807, 2.05) is 10.8 Å². The number of aliphatic hydroxyl groups is 1. The lowest BCUT2D eigenvalue weighted by molar-refractivity contribution is 0.281. The molecule has 0 radical (unpaired) electrons. The largest absolute Gasteiger partial charge is 0.389 e. The highest BCUT2D eigenvalue weighted by molar-refractivity contribution is 8.26. The molecule has 1 N–H and O–H groups in total. The Labute approximate surface area is 129 Å². The van der Waals surface area contributed by atoms with Crippen LogP contribution in [0.4, 0.5) is 0 Å². The van der Waals surface area contributed by atoms with Gasteiger partial charge in [-0.15, -0.1) is 34.3 Å². The van der Waals surface area contributed by atoms with Gasteiger partial charge in [-0.2, -0.15) is 0 Å². The zero-order valence-corrected chi connectivity index (χ0v) is 13.5. The van der Waals surface area contributed by atoms with E-state index in [1.165, 1.54) is 11.3 Å². The third kappa shape index (κ3) is 11.3. The van der Waals surface area contributed by atoms with E-state index in [0.717, 1.165) is 10.0 Å². The molecule has 0 fully saturated rings. The Kier molecular flexibility index (Phi) is 12.4. The standard InChI is InChI=1S/C4H4ClNS.C4H5NOS.Cl2OS/c5-3-4-6-1-2-7-4;6-3-4-5-1-2-7-4;1-4(2)3/h1-2H,3H2;1-2,6H,3H2;. The van der Waals surface area contributed by atoms with Gasteiger partial charge in [0.15, 0.2) is 0 Å². The Hall–Kier alpha value is 0.240. The van der Waals surface area contributed by atoms with Crippen LogP contribution in [0.2, 0.25) is 0 Å². The molecule has 102 valence electrons. The Bertz CT molecular complexity index is 373. The van der Waals surface area contributed by atoms with Crippen molar-refractivity contribution in [3.05, 3.63) is 33.2 Å². The fourth-order valence-corrected chi connectivity index (χ4v) is 1.85. The first-order valence-electron chi connectivity index (χ1n) is 4.28. The summed E-state index contributed by atoms with van der Waals surface area (Å²) in [7, 11) is 7.36. The third-order valence-corrected chi connectivity index (χ3v) is 3.17. The van der Waals surface area contributed by atoms with Crippen molar-refractivity contribution < 1.29 is 9.32 Å². The number of rotatable bonds is 2. The molecule has 2 aromatic heterocycles. The van der Waals surface area contributed by atoms with Crippen LogP contribution < -0.4 is 0 Å². The second kappa shape index (κ2) is 12.3. The summed E-state index contributed by atoms with van der Waals surface area (Å²) in [4.78, 5) is 7.72. The molecule has 0 spiro atoms. The Morgan fingerprint density at radius 3 is 1.78 bits per heavy atom. The number of alkyl halides is 1. The maximum absolute atomic E-state index is 9.09. The van der Waals surface area contributed by atoms with E-state index in [4.69, 9.17) is 20.9 Å². The van der Waals surface area contributed by atoms with Crippen LogP contribution in [0.15, 0.2) is 23.2 Å². The van der Waals surface area contributed by atoms with Crippen molar-refractivity contribution in [2.75, 3.05) is 0 Å². The zero-order chi connectivity index (χ0) is 13.8. The summed E-state index contributed by atoms with van der Waals surface area (Å²) in [6.07, 6.45) is 3.43. The number of aliphatic hydroxyl groups excluding tert-OH is 1. The first-order valence-corrected chi connectivity index (χ1v) is 9.37. The number of hydrogen-bond donors (Lipinski definition) is 1. The number of nitrogens with zero attached hydrogens (tertiary/aromatic N) is 2. The van der Waals surface area contributed by atoms with Crippen LogP contribution in [-0.2, 0) is 21.7 Å². The summed E-state index contributed by atoms with van der Waals surface area (Å²) in [6.45, 7) is 0.0671. The highest BCUT2D eigenvalue weighted by Gasteiger charge is 1.86. The highest BCUT2D eigenvalue weighted by atomic mass is 36.0. The van der Waals surface area contributed by atoms with Gasteiger partial charge in [0, 0.05) is 44.5 Å². The quantitative estimate of drug-likeness (QED) is 0.651. The first-order chi connectivity index (χ1) is 8.60. The summed E-state index contributed by atoms with van der Waals surface area (Å²) in [6, 6.07) is 0. The van der Waals surface area contributed by atoms with Gasteiger partial charge in [-0.1, -0.05) is 0 Å². The summed E-state index contributed by atoms with van der Waals surface area (Å²) in [5.41, 5.74) is 0. The van der Waals surface area contributed by atoms with Gasteiger partial charge < -0.3 is 5.11 Å². The second-order valence-corrected chi connectivity index (χ2v) is 7.08. The SMILES string of the molecule is ClCc1nccs1.O=S(Cl)Cl.OCc1nccs1. The van der Waals surface area contributed by atoms with Crippen molar-refractivity contribution >= 4 is 64.9 Å². The van der Waals surface area contributed by atoms with Crippen molar-refractivity contribution in [3.63, 3.8) is 0 Å². The van der Waals surface area contributed by atoms with Crippen LogP contribution in [0.3, 0.4) is 0 Å². The predicted octanol–water partition coefficient (Wildman–Crippen LogP) is 3.56. The smallest absolute Gasteiger partial charge is 0.211 e. The molecule has 10 heteroatoms. The van der Waals surface area contributed by atoms with Gasteiger partial charge in [0.2, 0.25) is 9.23 Å². The fourth-order valence-electron chi connectivity index (χ4n) is 0.650. The van der Waals surface area contributed by atoms with Crippen molar-refractivity contribution in [2.45, 2.75) is 12.5 Å². The van der Waals surface area contributed by atoms with Gasteiger partial charge >= 0.3 is 0 Å². The van der Waals surface area contributed by atoms with Crippen molar-refractivity contribution in [1.82, 2.24) is 9.97 Å². The predicted molar refractivity (Wildman–Crippen MR) is 79.6 cm³/mol. The summed E-state index contributed by atoms with van der Waals surface area (Å²) >= 11 is 8.46. The van der Waals surface area contributed by atoms with E-state index in [1.54, 1.807) is 23.7 Å². The lowest BCUT2D eigenvalue weighted by atomic mass is 10.8. The normalized spacial score (nSPS) is 9.17. The number of halogens is 3. The topological polar surface area (TPSA) is 63.1 Å².